The molecule has 1 rings (SSSR count). The third kappa shape index (κ3) is 3.02. The zero-order valence-electron chi connectivity index (χ0n) is 7.52. The molecule has 0 aliphatic rings. The van der Waals surface area contributed by atoms with Gasteiger partial charge in [0.1, 0.15) is 0 Å². The Bertz CT molecular complexity index is 286. The zero-order valence-corrected chi connectivity index (χ0v) is 8.34. The number of carbonyl (C=O) groups is 1. The van der Waals surface area contributed by atoms with Crippen LogP contribution in [0.15, 0.2) is 5.16 Å². The second-order valence-corrected chi connectivity index (χ2v) is 3.27. The van der Waals surface area contributed by atoms with Crippen molar-refractivity contribution >= 4 is 17.7 Å². The smallest absolute Gasteiger partial charge is 0.230 e. The predicted octanol–water partition coefficient (Wildman–Crippen LogP) is -0.562. The lowest BCUT2D eigenvalue weighted by molar-refractivity contribution is -0.118. The number of nitrogens with zero attached hydrogens (tertiary/aromatic N) is 4. The van der Waals surface area contributed by atoms with E-state index < -0.39 is 0 Å². The lowest BCUT2D eigenvalue weighted by Crippen LogP contribution is -2.24. The van der Waals surface area contributed by atoms with E-state index in [0.717, 1.165) is 0 Å². The molecule has 1 aromatic heterocycles. The van der Waals surface area contributed by atoms with Crippen LogP contribution >= 0.6 is 11.8 Å². The molecule has 0 unspecified atom stereocenters. The van der Waals surface area contributed by atoms with Crippen LogP contribution in [0.2, 0.25) is 0 Å². The highest BCUT2D eigenvalue weighted by atomic mass is 32.2. The number of nitrogens with one attached hydrogen (secondary N) is 1. The molecule has 0 bridgehead atoms. The van der Waals surface area contributed by atoms with Crippen molar-refractivity contribution in [2.75, 3.05) is 12.3 Å². The van der Waals surface area contributed by atoms with Crippen LogP contribution in [-0.2, 0) is 11.8 Å². The second kappa shape index (κ2) is 4.80. The molecule has 0 aromatic carbocycles. The van der Waals surface area contributed by atoms with Crippen molar-refractivity contribution in [1.82, 2.24) is 25.5 Å². The van der Waals surface area contributed by atoms with Gasteiger partial charge in [-0.3, -0.25) is 4.79 Å². The number of hydrogen-bond donors (Lipinski definition) is 1. The normalized spacial score (nSPS) is 10.0. The van der Waals surface area contributed by atoms with E-state index in [0.29, 0.717) is 17.5 Å². The number of carbonyl (C=O) groups excluding carboxylic acids is 1. The standard InChI is InChI=1S/C6H11N5OS/c1-3-7-5(12)4-13-6-8-9-10-11(6)2/h3-4H2,1-2H3,(H,7,12). The van der Waals surface area contributed by atoms with Crippen LogP contribution in [0, 0.1) is 0 Å². The second-order valence-electron chi connectivity index (χ2n) is 2.33. The molecular weight excluding hydrogens is 190 g/mol. The van der Waals surface area contributed by atoms with E-state index in [1.54, 1.807) is 7.05 Å². The van der Waals surface area contributed by atoms with Crippen LogP contribution < -0.4 is 5.32 Å². The van der Waals surface area contributed by atoms with E-state index in [4.69, 9.17) is 0 Å². The van der Waals surface area contributed by atoms with Gasteiger partial charge in [0.25, 0.3) is 0 Å². The molecule has 0 spiro atoms. The molecule has 13 heavy (non-hydrogen) atoms. The summed E-state index contributed by atoms with van der Waals surface area (Å²) in [4.78, 5) is 11.0. The average molecular weight is 201 g/mol. The van der Waals surface area contributed by atoms with Gasteiger partial charge in [-0.25, -0.2) is 4.68 Å². The van der Waals surface area contributed by atoms with Gasteiger partial charge in [0.05, 0.1) is 5.75 Å². The molecule has 1 heterocycles. The van der Waals surface area contributed by atoms with E-state index in [1.807, 2.05) is 6.92 Å². The van der Waals surface area contributed by atoms with Gasteiger partial charge in [0, 0.05) is 13.6 Å². The third-order valence-corrected chi connectivity index (χ3v) is 2.30. The number of rotatable bonds is 4. The van der Waals surface area contributed by atoms with Crippen molar-refractivity contribution in [3.8, 4) is 0 Å². The third-order valence-electron chi connectivity index (χ3n) is 1.29. The van der Waals surface area contributed by atoms with Crippen LogP contribution in [0.5, 0.6) is 0 Å². The van der Waals surface area contributed by atoms with Gasteiger partial charge in [-0.05, 0) is 17.4 Å². The van der Waals surface area contributed by atoms with Crippen LogP contribution in [0.4, 0.5) is 0 Å². The molecule has 0 saturated heterocycles. The molecule has 0 aliphatic heterocycles. The maximum Gasteiger partial charge on any atom is 0.230 e. The summed E-state index contributed by atoms with van der Waals surface area (Å²) in [6, 6.07) is 0. The Balaban J connectivity index is 2.35. The molecule has 1 amide bonds. The first-order valence-corrected chi connectivity index (χ1v) is 4.84. The first kappa shape index (κ1) is 9.97. The highest BCUT2D eigenvalue weighted by Crippen LogP contribution is 2.10. The minimum Gasteiger partial charge on any atom is -0.356 e. The van der Waals surface area contributed by atoms with Gasteiger partial charge in [0.2, 0.25) is 11.1 Å². The summed E-state index contributed by atoms with van der Waals surface area (Å²) < 4.78 is 1.53. The number of aromatic nitrogens is 4. The Labute approximate surface area is 80.1 Å². The minimum absolute atomic E-state index is 0.00417. The fourth-order valence-corrected chi connectivity index (χ4v) is 1.40. The van der Waals surface area contributed by atoms with Crippen molar-refractivity contribution in [2.24, 2.45) is 7.05 Å². The molecule has 72 valence electrons. The summed E-state index contributed by atoms with van der Waals surface area (Å²) in [5.41, 5.74) is 0. The minimum atomic E-state index is -0.00417. The van der Waals surface area contributed by atoms with Crippen molar-refractivity contribution in [1.29, 1.82) is 0 Å². The Hall–Kier alpha value is -1.11. The largest absolute Gasteiger partial charge is 0.356 e. The van der Waals surface area contributed by atoms with Crippen LogP contribution in [0.1, 0.15) is 6.92 Å². The molecule has 6 nitrogen and oxygen atoms in total. The molecule has 0 atom stereocenters. The summed E-state index contributed by atoms with van der Waals surface area (Å²) in [6.07, 6.45) is 0. The summed E-state index contributed by atoms with van der Waals surface area (Å²) in [6.45, 7) is 2.53. The van der Waals surface area contributed by atoms with Gasteiger partial charge in [-0.15, -0.1) is 5.10 Å². The highest BCUT2D eigenvalue weighted by Gasteiger charge is 2.05. The van der Waals surface area contributed by atoms with Crippen molar-refractivity contribution in [2.45, 2.75) is 12.1 Å². The maximum atomic E-state index is 11.0. The maximum absolute atomic E-state index is 11.0. The first-order chi connectivity index (χ1) is 6.24. The van der Waals surface area contributed by atoms with Crippen LogP contribution in [0.25, 0.3) is 0 Å². The molecule has 1 aromatic rings. The fraction of sp³-hybridized carbons (Fsp3) is 0.667. The molecule has 0 saturated carbocycles. The van der Waals surface area contributed by atoms with E-state index in [2.05, 4.69) is 20.8 Å². The molecule has 0 fully saturated rings. The number of aryl methyl sites for hydroxylation is 1. The highest BCUT2D eigenvalue weighted by molar-refractivity contribution is 7.99. The number of hydrogen-bond acceptors (Lipinski definition) is 5. The summed E-state index contributed by atoms with van der Waals surface area (Å²) in [7, 11) is 1.74. The van der Waals surface area contributed by atoms with Gasteiger partial charge in [-0.2, -0.15) is 0 Å². The molecule has 0 radical (unpaired) electrons. The van der Waals surface area contributed by atoms with Crippen molar-refractivity contribution < 1.29 is 4.79 Å². The number of tetrazole rings is 1. The van der Waals surface area contributed by atoms with Crippen molar-refractivity contribution in [3.05, 3.63) is 0 Å². The first-order valence-electron chi connectivity index (χ1n) is 3.86. The van der Waals surface area contributed by atoms with Gasteiger partial charge in [-0.1, -0.05) is 11.8 Å². The topological polar surface area (TPSA) is 72.7 Å². The van der Waals surface area contributed by atoms with E-state index in [-0.39, 0.29) is 5.91 Å². The fourth-order valence-electron chi connectivity index (χ4n) is 0.722. The van der Waals surface area contributed by atoms with Crippen LogP contribution in [0.3, 0.4) is 0 Å². The Morgan fingerprint density at radius 2 is 2.46 bits per heavy atom. The lowest BCUT2D eigenvalue weighted by atomic mass is 10.6. The lowest BCUT2D eigenvalue weighted by Gasteiger charge is -1.99. The quantitative estimate of drug-likeness (QED) is 0.661. The SMILES string of the molecule is CCNC(=O)CSc1nnnn1C. The number of thioether (sulfide) groups is 1. The molecule has 0 aliphatic carbocycles. The van der Waals surface area contributed by atoms with E-state index in [1.165, 1.54) is 16.4 Å². The Morgan fingerprint density at radius 3 is 3.00 bits per heavy atom. The van der Waals surface area contributed by atoms with Crippen molar-refractivity contribution in [3.63, 3.8) is 0 Å². The van der Waals surface area contributed by atoms with E-state index in [9.17, 15) is 4.79 Å². The number of amides is 1. The summed E-state index contributed by atoms with van der Waals surface area (Å²) in [5, 5.41) is 14.2. The molecular formula is C6H11N5OS. The summed E-state index contributed by atoms with van der Waals surface area (Å²) >= 11 is 1.32. The molecule has 7 heteroatoms. The van der Waals surface area contributed by atoms with Gasteiger partial charge >= 0.3 is 0 Å². The van der Waals surface area contributed by atoms with Gasteiger partial charge < -0.3 is 5.32 Å². The van der Waals surface area contributed by atoms with E-state index >= 15 is 0 Å². The van der Waals surface area contributed by atoms with Crippen LogP contribution in [-0.4, -0.2) is 38.4 Å². The summed E-state index contributed by atoms with van der Waals surface area (Å²) in [5.74, 6) is 0.345. The monoisotopic (exact) mass is 201 g/mol. The predicted molar refractivity (Wildman–Crippen MR) is 48.2 cm³/mol. The van der Waals surface area contributed by atoms with Gasteiger partial charge in [0.15, 0.2) is 0 Å². The Kier molecular flexibility index (Phi) is 3.69. The molecule has 1 N–H and O–H groups in total. The Morgan fingerprint density at radius 1 is 1.69 bits per heavy atom. The zero-order chi connectivity index (χ0) is 9.68. The average Bonchev–Trinajstić information content (AvgIpc) is 2.48.